The summed E-state index contributed by atoms with van der Waals surface area (Å²) in [4.78, 5) is 22.7. The standard InChI is InChI=1S/C20H21F3N6O2/c1-10-8-31-19(3,4)18(30)28(10)14-5-12(7-25-11(14)2)15-6-13(20(21,22)23)16-17(24)26-9-27-29(15)16/h5-7,9-10H,8H2,1-4H3,(H2,24,26,27)/t10-/m1/s1. The van der Waals surface area contributed by atoms with Crippen LogP contribution in [0.3, 0.4) is 0 Å². The van der Waals surface area contributed by atoms with Crippen molar-refractivity contribution in [3.63, 3.8) is 0 Å². The molecule has 0 aromatic carbocycles. The minimum atomic E-state index is -4.65. The van der Waals surface area contributed by atoms with Crippen molar-refractivity contribution in [2.75, 3.05) is 17.2 Å². The van der Waals surface area contributed by atoms with Gasteiger partial charge in [0.05, 0.1) is 35.3 Å². The predicted molar refractivity (Wildman–Crippen MR) is 107 cm³/mol. The number of nitrogen functional groups attached to an aromatic ring is 1. The average Bonchev–Trinajstić information content (AvgIpc) is 3.08. The number of hydrogen-bond donors (Lipinski definition) is 1. The number of anilines is 2. The number of ether oxygens (including phenoxy) is 1. The molecule has 0 aliphatic carbocycles. The normalized spacial score (nSPS) is 19.3. The maximum absolute atomic E-state index is 13.6. The summed E-state index contributed by atoms with van der Waals surface area (Å²) in [5.41, 5.74) is 4.98. The van der Waals surface area contributed by atoms with Gasteiger partial charge in [0, 0.05) is 11.8 Å². The number of carbonyl (C=O) groups is 1. The van der Waals surface area contributed by atoms with Crippen LogP contribution in [0.4, 0.5) is 24.7 Å². The van der Waals surface area contributed by atoms with Crippen molar-refractivity contribution in [1.82, 2.24) is 19.6 Å². The Hall–Kier alpha value is -3.21. The Bertz CT molecular complexity index is 1190. The fraction of sp³-hybridized carbons (Fsp3) is 0.400. The number of halogens is 3. The summed E-state index contributed by atoms with van der Waals surface area (Å²) >= 11 is 0. The van der Waals surface area contributed by atoms with Crippen molar-refractivity contribution >= 4 is 22.9 Å². The molecule has 11 heteroatoms. The van der Waals surface area contributed by atoms with E-state index in [2.05, 4.69) is 15.1 Å². The molecule has 4 rings (SSSR count). The number of amides is 1. The molecule has 1 saturated heterocycles. The number of hydrogen-bond acceptors (Lipinski definition) is 6. The Morgan fingerprint density at radius 2 is 1.97 bits per heavy atom. The van der Waals surface area contributed by atoms with Gasteiger partial charge in [0.2, 0.25) is 0 Å². The summed E-state index contributed by atoms with van der Waals surface area (Å²) in [6.07, 6.45) is -2.12. The fourth-order valence-corrected chi connectivity index (χ4v) is 3.70. The maximum Gasteiger partial charge on any atom is 0.418 e. The first-order valence-electron chi connectivity index (χ1n) is 9.56. The summed E-state index contributed by atoms with van der Waals surface area (Å²) in [5.74, 6) is -0.538. The van der Waals surface area contributed by atoms with E-state index in [1.807, 2.05) is 6.92 Å². The number of nitrogens with two attached hydrogens (primary N) is 1. The number of morpholine rings is 1. The maximum atomic E-state index is 13.6. The molecule has 1 amide bonds. The third kappa shape index (κ3) is 3.38. The van der Waals surface area contributed by atoms with Gasteiger partial charge in [-0.15, -0.1) is 0 Å². The summed E-state index contributed by atoms with van der Waals surface area (Å²) in [6, 6.07) is 2.33. The van der Waals surface area contributed by atoms with Crippen LogP contribution in [0, 0.1) is 6.92 Å². The summed E-state index contributed by atoms with van der Waals surface area (Å²) in [5, 5.41) is 3.97. The zero-order valence-electron chi connectivity index (χ0n) is 17.4. The van der Waals surface area contributed by atoms with Crippen LogP contribution in [0.5, 0.6) is 0 Å². The van der Waals surface area contributed by atoms with E-state index in [1.165, 1.54) is 6.20 Å². The lowest BCUT2D eigenvalue weighted by molar-refractivity contribution is -0.147. The smallest absolute Gasteiger partial charge is 0.382 e. The molecule has 1 aliphatic heterocycles. The second kappa shape index (κ2) is 6.91. The molecule has 0 saturated carbocycles. The topological polar surface area (TPSA) is 98.6 Å². The molecule has 1 aliphatic rings. The second-order valence-electron chi connectivity index (χ2n) is 8.02. The van der Waals surface area contributed by atoms with Crippen molar-refractivity contribution < 1.29 is 22.7 Å². The molecule has 1 atom stereocenters. The second-order valence-corrected chi connectivity index (χ2v) is 8.02. The monoisotopic (exact) mass is 434 g/mol. The Balaban J connectivity index is 1.92. The number of carbonyl (C=O) groups excluding carboxylic acids is 1. The van der Waals surface area contributed by atoms with Crippen molar-refractivity contribution in [3.8, 4) is 11.3 Å². The number of aromatic nitrogens is 4. The van der Waals surface area contributed by atoms with Crippen LogP contribution < -0.4 is 10.6 Å². The van der Waals surface area contributed by atoms with Crippen LogP contribution >= 0.6 is 0 Å². The van der Waals surface area contributed by atoms with Crippen molar-refractivity contribution in [2.45, 2.75) is 45.5 Å². The molecular weight excluding hydrogens is 413 g/mol. The van der Waals surface area contributed by atoms with E-state index in [0.29, 0.717) is 23.6 Å². The van der Waals surface area contributed by atoms with Crippen LogP contribution in [0.25, 0.3) is 16.8 Å². The Morgan fingerprint density at radius 1 is 1.26 bits per heavy atom. The van der Waals surface area contributed by atoms with Gasteiger partial charge in [-0.2, -0.15) is 18.3 Å². The van der Waals surface area contributed by atoms with Crippen molar-refractivity contribution in [2.24, 2.45) is 0 Å². The number of fused-ring (bicyclic) bond motifs is 1. The number of nitrogens with zero attached hydrogens (tertiary/aromatic N) is 5. The van der Waals surface area contributed by atoms with Gasteiger partial charge in [-0.25, -0.2) is 9.50 Å². The predicted octanol–water partition coefficient (Wildman–Crippen LogP) is 3.23. The fourth-order valence-electron chi connectivity index (χ4n) is 3.70. The third-order valence-electron chi connectivity index (χ3n) is 5.36. The highest BCUT2D eigenvalue weighted by Crippen LogP contribution is 2.39. The molecule has 0 radical (unpaired) electrons. The van der Waals surface area contributed by atoms with Gasteiger partial charge in [-0.1, -0.05) is 0 Å². The van der Waals surface area contributed by atoms with E-state index in [9.17, 15) is 18.0 Å². The van der Waals surface area contributed by atoms with E-state index < -0.39 is 17.3 Å². The van der Waals surface area contributed by atoms with Crippen LogP contribution in [0.15, 0.2) is 24.7 Å². The van der Waals surface area contributed by atoms with E-state index in [1.54, 1.807) is 31.7 Å². The molecule has 8 nitrogen and oxygen atoms in total. The van der Waals surface area contributed by atoms with E-state index >= 15 is 0 Å². The van der Waals surface area contributed by atoms with Gasteiger partial charge in [0.1, 0.15) is 17.4 Å². The van der Waals surface area contributed by atoms with Gasteiger partial charge < -0.3 is 15.4 Å². The molecule has 4 heterocycles. The van der Waals surface area contributed by atoms with Crippen LogP contribution in [-0.2, 0) is 15.7 Å². The highest BCUT2D eigenvalue weighted by molar-refractivity contribution is 6.01. The lowest BCUT2D eigenvalue weighted by atomic mass is 10.0. The number of rotatable bonds is 2. The first kappa shape index (κ1) is 21.0. The van der Waals surface area contributed by atoms with Crippen LogP contribution in [0.1, 0.15) is 32.0 Å². The highest BCUT2D eigenvalue weighted by Gasteiger charge is 2.42. The van der Waals surface area contributed by atoms with Gasteiger partial charge >= 0.3 is 6.18 Å². The van der Waals surface area contributed by atoms with Gasteiger partial charge in [0.15, 0.2) is 5.82 Å². The van der Waals surface area contributed by atoms with Crippen LogP contribution in [0.2, 0.25) is 0 Å². The largest absolute Gasteiger partial charge is 0.418 e. The molecule has 2 N–H and O–H groups in total. The SMILES string of the molecule is Cc1ncc(-c2cc(C(F)(F)F)c3c(N)ncnn23)cc1N1C(=O)C(C)(C)OC[C@H]1C. The van der Waals surface area contributed by atoms with Gasteiger partial charge in [0.25, 0.3) is 5.91 Å². The first-order valence-corrected chi connectivity index (χ1v) is 9.56. The number of alkyl halides is 3. The molecule has 3 aromatic heterocycles. The Labute approximate surface area is 175 Å². The molecule has 0 unspecified atom stereocenters. The summed E-state index contributed by atoms with van der Waals surface area (Å²) in [7, 11) is 0. The average molecular weight is 434 g/mol. The lowest BCUT2D eigenvalue weighted by Crippen LogP contribution is -2.58. The summed E-state index contributed by atoms with van der Waals surface area (Å²) in [6.45, 7) is 7.24. The number of pyridine rings is 1. The van der Waals surface area contributed by atoms with Gasteiger partial charge in [-0.05, 0) is 39.8 Å². The molecular formula is C20H21F3N6O2. The summed E-state index contributed by atoms with van der Waals surface area (Å²) < 4.78 is 47.7. The lowest BCUT2D eigenvalue weighted by Gasteiger charge is -2.42. The quantitative estimate of drug-likeness (QED) is 0.665. The highest BCUT2D eigenvalue weighted by atomic mass is 19.4. The Morgan fingerprint density at radius 3 is 2.65 bits per heavy atom. The molecule has 31 heavy (non-hydrogen) atoms. The molecule has 0 bridgehead atoms. The van der Waals surface area contributed by atoms with Crippen LogP contribution in [-0.4, -0.2) is 43.7 Å². The zero-order valence-corrected chi connectivity index (χ0v) is 17.4. The third-order valence-corrected chi connectivity index (χ3v) is 5.36. The minimum absolute atomic E-state index is 0.137. The van der Waals surface area contributed by atoms with Gasteiger partial charge in [-0.3, -0.25) is 9.78 Å². The minimum Gasteiger partial charge on any atom is -0.382 e. The molecule has 0 spiro atoms. The van der Waals surface area contributed by atoms with Crippen molar-refractivity contribution in [1.29, 1.82) is 0 Å². The first-order chi connectivity index (χ1) is 14.4. The molecule has 164 valence electrons. The van der Waals surface area contributed by atoms with E-state index in [0.717, 1.165) is 16.9 Å². The van der Waals surface area contributed by atoms with E-state index in [-0.39, 0.29) is 29.0 Å². The molecule has 1 fully saturated rings. The zero-order chi connectivity index (χ0) is 22.7. The number of aryl methyl sites for hydroxylation is 1. The van der Waals surface area contributed by atoms with Crippen molar-refractivity contribution in [3.05, 3.63) is 35.9 Å². The van der Waals surface area contributed by atoms with E-state index in [4.69, 9.17) is 10.5 Å². The Kier molecular flexibility index (Phi) is 4.69. The molecule has 3 aromatic rings.